The number of H-pyrrole nitrogens is 1. The lowest BCUT2D eigenvalue weighted by Gasteiger charge is -2.19. The molecular formula is C14H20N4S. The van der Waals surface area contributed by atoms with Crippen molar-refractivity contribution in [3.05, 3.63) is 40.2 Å². The molecule has 2 aromatic rings. The van der Waals surface area contributed by atoms with Crippen molar-refractivity contribution in [2.45, 2.75) is 33.4 Å². The summed E-state index contributed by atoms with van der Waals surface area (Å²) in [6, 6.07) is 8.52. The molecule has 0 amide bonds. The van der Waals surface area contributed by atoms with Crippen LogP contribution in [0.1, 0.15) is 24.5 Å². The van der Waals surface area contributed by atoms with Gasteiger partial charge in [0.25, 0.3) is 0 Å². The van der Waals surface area contributed by atoms with Crippen LogP contribution in [0.4, 0.5) is 5.95 Å². The molecule has 0 unspecified atom stereocenters. The van der Waals surface area contributed by atoms with Crippen LogP contribution in [0, 0.1) is 11.7 Å². The number of nitrogens with zero attached hydrogens (tertiary/aromatic N) is 3. The van der Waals surface area contributed by atoms with Crippen molar-refractivity contribution in [2.24, 2.45) is 0 Å². The maximum absolute atomic E-state index is 5.26. The number of hydrogen-bond donors (Lipinski definition) is 1. The Labute approximate surface area is 119 Å². The average molecular weight is 276 g/mol. The zero-order chi connectivity index (χ0) is 13.8. The summed E-state index contributed by atoms with van der Waals surface area (Å²) in [4.78, 5) is 2.12. The molecule has 2 rings (SSSR count). The van der Waals surface area contributed by atoms with E-state index in [0.717, 1.165) is 25.5 Å². The molecule has 0 aliphatic rings. The molecule has 0 radical (unpaired) electrons. The number of hydrogen-bond acceptors (Lipinski definition) is 3. The summed E-state index contributed by atoms with van der Waals surface area (Å²) in [6.07, 6.45) is 1.04. The minimum atomic E-state index is 0.688. The third-order valence-electron chi connectivity index (χ3n) is 3.03. The number of aromatic nitrogens is 3. The molecule has 0 saturated heterocycles. The van der Waals surface area contributed by atoms with Gasteiger partial charge in [0.15, 0.2) is 4.77 Å². The van der Waals surface area contributed by atoms with Crippen LogP contribution in [0.15, 0.2) is 24.3 Å². The number of rotatable bonds is 5. The first-order valence-corrected chi connectivity index (χ1v) is 6.94. The number of anilines is 1. The Bertz CT molecular complexity index is 599. The molecular weight excluding hydrogens is 256 g/mol. The highest BCUT2D eigenvalue weighted by Gasteiger charge is 2.10. The van der Waals surface area contributed by atoms with E-state index in [-0.39, 0.29) is 0 Å². The van der Waals surface area contributed by atoms with E-state index in [9.17, 15) is 0 Å². The normalized spacial score (nSPS) is 10.7. The topological polar surface area (TPSA) is 36.9 Å². The van der Waals surface area contributed by atoms with Gasteiger partial charge in [-0.3, -0.25) is 4.57 Å². The van der Waals surface area contributed by atoms with Gasteiger partial charge in [0.1, 0.15) is 0 Å². The number of nitrogens with one attached hydrogen (secondary N) is 1. The van der Waals surface area contributed by atoms with Crippen molar-refractivity contribution in [2.75, 3.05) is 11.9 Å². The van der Waals surface area contributed by atoms with Gasteiger partial charge < -0.3 is 4.90 Å². The molecule has 1 N–H and O–H groups in total. The van der Waals surface area contributed by atoms with Crippen LogP contribution in [0.3, 0.4) is 0 Å². The first-order valence-electron chi connectivity index (χ1n) is 6.53. The van der Waals surface area contributed by atoms with Crippen molar-refractivity contribution in [1.29, 1.82) is 0 Å². The predicted octanol–water partition coefficient (Wildman–Crippen LogP) is 3.30. The molecule has 0 bridgehead atoms. The second kappa shape index (κ2) is 6.02. The zero-order valence-electron chi connectivity index (χ0n) is 11.7. The Hall–Kier alpha value is -1.62. The number of benzene rings is 1. The van der Waals surface area contributed by atoms with E-state index >= 15 is 0 Å². The molecule has 0 fully saturated rings. The monoisotopic (exact) mass is 276 g/mol. The molecule has 1 aromatic carbocycles. The third-order valence-corrected chi connectivity index (χ3v) is 3.34. The van der Waals surface area contributed by atoms with Gasteiger partial charge in [-0.05, 0) is 31.1 Å². The molecule has 5 heteroatoms. The van der Waals surface area contributed by atoms with Gasteiger partial charge in [0, 0.05) is 20.1 Å². The summed E-state index contributed by atoms with van der Waals surface area (Å²) >= 11 is 5.26. The second-order valence-electron chi connectivity index (χ2n) is 4.83. The minimum Gasteiger partial charge on any atom is -0.340 e. The molecule has 0 aliphatic heterocycles. The van der Waals surface area contributed by atoms with Crippen molar-refractivity contribution >= 4 is 18.2 Å². The molecule has 4 nitrogen and oxygen atoms in total. The molecule has 0 atom stereocenters. The molecule has 0 saturated carbocycles. The van der Waals surface area contributed by atoms with Crippen molar-refractivity contribution in [3.63, 3.8) is 0 Å². The SMILES string of the molecule is CCCn1c(N(C)Cc2cccc(C)c2)n[nH]c1=S. The highest BCUT2D eigenvalue weighted by Crippen LogP contribution is 2.14. The van der Waals surface area contributed by atoms with Crippen molar-refractivity contribution < 1.29 is 0 Å². The van der Waals surface area contributed by atoms with E-state index in [1.54, 1.807) is 0 Å². The fourth-order valence-electron chi connectivity index (χ4n) is 2.18. The van der Waals surface area contributed by atoms with E-state index in [0.29, 0.717) is 4.77 Å². The van der Waals surface area contributed by atoms with Crippen molar-refractivity contribution in [3.8, 4) is 0 Å². The Morgan fingerprint density at radius 3 is 2.89 bits per heavy atom. The lowest BCUT2D eigenvalue weighted by atomic mass is 10.1. The van der Waals surface area contributed by atoms with Crippen LogP contribution >= 0.6 is 12.2 Å². The largest absolute Gasteiger partial charge is 0.340 e. The molecule has 0 spiro atoms. The van der Waals surface area contributed by atoms with Gasteiger partial charge in [-0.1, -0.05) is 36.8 Å². The molecule has 1 heterocycles. The van der Waals surface area contributed by atoms with E-state index in [1.807, 2.05) is 11.6 Å². The van der Waals surface area contributed by atoms with E-state index in [1.165, 1.54) is 11.1 Å². The molecule has 19 heavy (non-hydrogen) atoms. The number of aromatic amines is 1. The fraction of sp³-hybridized carbons (Fsp3) is 0.429. The average Bonchev–Trinajstić information content (AvgIpc) is 2.72. The lowest BCUT2D eigenvalue weighted by molar-refractivity contribution is 0.654. The van der Waals surface area contributed by atoms with Crippen LogP contribution in [0.25, 0.3) is 0 Å². The summed E-state index contributed by atoms with van der Waals surface area (Å²) in [5.74, 6) is 0.897. The summed E-state index contributed by atoms with van der Waals surface area (Å²) in [7, 11) is 2.04. The van der Waals surface area contributed by atoms with Gasteiger partial charge in [0.2, 0.25) is 5.95 Å². The Kier molecular flexibility index (Phi) is 4.37. The highest BCUT2D eigenvalue weighted by atomic mass is 32.1. The summed E-state index contributed by atoms with van der Waals surface area (Å²) in [6.45, 7) is 5.96. The summed E-state index contributed by atoms with van der Waals surface area (Å²) in [5, 5.41) is 7.20. The fourth-order valence-corrected chi connectivity index (χ4v) is 2.40. The Balaban J connectivity index is 2.20. The molecule has 0 aliphatic carbocycles. The number of aryl methyl sites for hydroxylation is 1. The van der Waals surface area contributed by atoms with Gasteiger partial charge in [-0.2, -0.15) is 0 Å². The van der Waals surface area contributed by atoms with E-state index < -0.39 is 0 Å². The third kappa shape index (κ3) is 3.23. The van der Waals surface area contributed by atoms with Crippen LogP contribution in [-0.4, -0.2) is 21.8 Å². The Morgan fingerprint density at radius 2 is 2.21 bits per heavy atom. The van der Waals surface area contributed by atoms with Crippen LogP contribution < -0.4 is 4.90 Å². The first kappa shape index (κ1) is 13.8. The van der Waals surface area contributed by atoms with Crippen LogP contribution in [-0.2, 0) is 13.1 Å². The van der Waals surface area contributed by atoms with Crippen LogP contribution in [0.2, 0.25) is 0 Å². The Morgan fingerprint density at radius 1 is 1.42 bits per heavy atom. The van der Waals surface area contributed by atoms with Gasteiger partial charge >= 0.3 is 0 Å². The molecule has 1 aromatic heterocycles. The maximum atomic E-state index is 5.26. The van der Waals surface area contributed by atoms with E-state index in [4.69, 9.17) is 12.2 Å². The van der Waals surface area contributed by atoms with Gasteiger partial charge in [0.05, 0.1) is 0 Å². The highest BCUT2D eigenvalue weighted by molar-refractivity contribution is 7.71. The smallest absolute Gasteiger partial charge is 0.225 e. The second-order valence-corrected chi connectivity index (χ2v) is 5.21. The van der Waals surface area contributed by atoms with Gasteiger partial charge in [-0.15, -0.1) is 5.10 Å². The summed E-state index contributed by atoms with van der Waals surface area (Å²) < 4.78 is 2.73. The quantitative estimate of drug-likeness (QED) is 0.851. The standard InChI is InChI=1S/C14H20N4S/c1-4-8-18-13(15-16-14(18)19)17(3)10-12-7-5-6-11(2)9-12/h5-7,9H,4,8,10H2,1-3H3,(H,16,19). The first-order chi connectivity index (χ1) is 9.11. The minimum absolute atomic E-state index is 0.688. The lowest BCUT2D eigenvalue weighted by Crippen LogP contribution is -2.21. The zero-order valence-corrected chi connectivity index (χ0v) is 12.5. The van der Waals surface area contributed by atoms with Gasteiger partial charge in [-0.25, -0.2) is 5.10 Å². The summed E-state index contributed by atoms with van der Waals surface area (Å²) in [5.41, 5.74) is 2.55. The van der Waals surface area contributed by atoms with Crippen molar-refractivity contribution in [1.82, 2.24) is 14.8 Å². The maximum Gasteiger partial charge on any atom is 0.225 e. The molecule has 102 valence electrons. The van der Waals surface area contributed by atoms with Crippen LogP contribution in [0.5, 0.6) is 0 Å². The van der Waals surface area contributed by atoms with E-state index in [2.05, 4.69) is 53.2 Å². The predicted molar refractivity (Wildman–Crippen MR) is 81.0 cm³/mol.